The zero-order valence-corrected chi connectivity index (χ0v) is 19.1. The van der Waals surface area contributed by atoms with Crippen molar-refractivity contribution < 1.29 is 9.59 Å². The summed E-state index contributed by atoms with van der Waals surface area (Å²) in [6.45, 7) is 12.6. The highest BCUT2D eigenvalue weighted by Crippen LogP contribution is 2.23. The Labute approximate surface area is 174 Å². The van der Waals surface area contributed by atoms with Crippen LogP contribution in [0.25, 0.3) is 6.08 Å². The van der Waals surface area contributed by atoms with Crippen LogP contribution in [0.15, 0.2) is 5.57 Å². The number of hydrogen-bond acceptors (Lipinski definition) is 4. The molecule has 29 heavy (non-hydrogen) atoms. The number of rotatable bonds is 6. The largest absolute Gasteiger partial charge is 0.357 e. The number of imidazole rings is 1. The summed E-state index contributed by atoms with van der Waals surface area (Å²) in [4.78, 5) is 32.5. The summed E-state index contributed by atoms with van der Waals surface area (Å²) in [6.07, 6.45) is 5.18. The number of likely N-dealkylation sites (N-methyl/N-ethyl adjacent to an activating group) is 1. The van der Waals surface area contributed by atoms with Gasteiger partial charge in [0.25, 0.3) is 5.91 Å². The zero-order chi connectivity index (χ0) is 21.8. The molecule has 0 aromatic carbocycles. The summed E-state index contributed by atoms with van der Waals surface area (Å²) in [6, 6.07) is -0.637. The third kappa shape index (κ3) is 5.69. The van der Waals surface area contributed by atoms with Crippen molar-refractivity contribution in [1.29, 1.82) is 0 Å². The quantitative estimate of drug-likeness (QED) is 0.765. The monoisotopic (exact) mass is 403 g/mol. The minimum Gasteiger partial charge on any atom is -0.357 e. The third-order valence-corrected chi connectivity index (χ3v) is 5.33. The van der Waals surface area contributed by atoms with Gasteiger partial charge in [-0.05, 0) is 44.8 Å². The van der Waals surface area contributed by atoms with E-state index in [0.717, 1.165) is 43.9 Å². The van der Waals surface area contributed by atoms with Crippen molar-refractivity contribution in [3.8, 4) is 0 Å². The van der Waals surface area contributed by atoms with Crippen molar-refractivity contribution >= 4 is 17.9 Å². The average Bonchev–Trinajstić information content (AvgIpc) is 2.83. The van der Waals surface area contributed by atoms with Crippen molar-refractivity contribution in [1.82, 2.24) is 25.1 Å². The van der Waals surface area contributed by atoms with Gasteiger partial charge in [-0.25, -0.2) is 4.98 Å². The second kappa shape index (κ2) is 9.57. The number of carbonyl (C=O) groups excluding carboxylic acids is 2. The molecule has 0 spiro atoms. The standard InChI is InChI=1S/C22H37N5O2/c1-8-10-15(2)13-17-24-18(16-14-26(7)11-9-12-27(16)17)20(28)25-19(21(29)23-6)22(3,4)5/h13,19H,8-12,14H2,1-7H3,(H,23,29)(H,25,28)/b15-13-/t19-/m1/s1. The molecule has 2 N–H and O–H groups in total. The Kier molecular flexibility index (Phi) is 7.63. The molecule has 7 heteroatoms. The van der Waals surface area contributed by atoms with Crippen molar-refractivity contribution in [2.45, 2.75) is 73.0 Å². The number of nitrogens with one attached hydrogen (secondary N) is 2. The zero-order valence-electron chi connectivity index (χ0n) is 19.1. The van der Waals surface area contributed by atoms with Crippen molar-refractivity contribution in [3.05, 3.63) is 22.8 Å². The molecule has 0 bridgehead atoms. The predicted molar refractivity (Wildman–Crippen MR) is 117 cm³/mol. The molecule has 1 aromatic heterocycles. The number of amides is 2. The molecular weight excluding hydrogens is 366 g/mol. The fourth-order valence-electron chi connectivity index (χ4n) is 3.75. The first-order chi connectivity index (χ1) is 13.6. The highest BCUT2D eigenvalue weighted by molar-refractivity contribution is 5.97. The van der Waals surface area contributed by atoms with E-state index in [2.05, 4.69) is 47.1 Å². The Morgan fingerprint density at radius 1 is 1.28 bits per heavy atom. The van der Waals surface area contributed by atoms with E-state index in [1.165, 1.54) is 5.57 Å². The van der Waals surface area contributed by atoms with Crippen LogP contribution < -0.4 is 10.6 Å². The second-order valence-corrected chi connectivity index (χ2v) is 9.14. The lowest BCUT2D eigenvalue weighted by Gasteiger charge is -2.29. The van der Waals surface area contributed by atoms with E-state index in [0.29, 0.717) is 12.2 Å². The maximum absolute atomic E-state index is 13.2. The predicted octanol–water partition coefficient (Wildman–Crippen LogP) is 2.81. The van der Waals surface area contributed by atoms with E-state index in [-0.39, 0.29) is 11.8 Å². The lowest BCUT2D eigenvalue weighted by atomic mass is 9.86. The van der Waals surface area contributed by atoms with E-state index in [9.17, 15) is 9.59 Å². The summed E-state index contributed by atoms with van der Waals surface area (Å²) < 4.78 is 2.17. The van der Waals surface area contributed by atoms with Gasteiger partial charge in [-0.3, -0.25) is 9.59 Å². The van der Waals surface area contributed by atoms with Gasteiger partial charge in [-0.1, -0.05) is 39.7 Å². The average molecular weight is 404 g/mol. The molecular formula is C22H37N5O2. The summed E-state index contributed by atoms with van der Waals surface area (Å²) in [7, 11) is 3.65. The van der Waals surface area contributed by atoms with Gasteiger partial charge >= 0.3 is 0 Å². The van der Waals surface area contributed by atoms with Crippen LogP contribution in [0.2, 0.25) is 0 Å². The van der Waals surface area contributed by atoms with E-state index >= 15 is 0 Å². The highest BCUT2D eigenvalue weighted by atomic mass is 16.2. The van der Waals surface area contributed by atoms with Crippen LogP contribution in [0.3, 0.4) is 0 Å². The van der Waals surface area contributed by atoms with Crippen LogP contribution in [0.1, 0.15) is 75.9 Å². The molecule has 162 valence electrons. The Morgan fingerprint density at radius 2 is 1.97 bits per heavy atom. The minimum atomic E-state index is -0.637. The van der Waals surface area contributed by atoms with Gasteiger partial charge in [0.2, 0.25) is 5.91 Å². The number of allylic oxidation sites excluding steroid dienone is 1. The first-order valence-electron chi connectivity index (χ1n) is 10.6. The number of hydrogen-bond donors (Lipinski definition) is 2. The van der Waals surface area contributed by atoms with Crippen molar-refractivity contribution in [2.24, 2.45) is 5.41 Å². The van der Waals surface area contributed by atoms with Crippen LogP contribution in [0, 0.1) is 5.41 Å². The van der Waals surface area contributed by atoms with Gasteiger partial charge in [0, 0.05) is 20.1 Å². The van der Waals surface area contributed by atoms with E-state index in [4.69, 9.17) is 4.98 Å². The van der Waals surface area contributed by atoms with E-state index < -0.39 is 11.5 Å². The first-order valence-corrected chi connectivity index (χ1v) is 10.6. The van der Waals surface area contributed by atoms with Gasteiger partial charge in [-0.15, -0.1) is 0 Å². The summed E-state index contributed by atoms with van der Waals surface area (Å²) in [5, 5.41) is 5.59. The number of aromatic nitrogens is 2. The Hall–Kier alpha value is -2.15. The fraction of sp³-hybridized carbons (Fsp3) is 0.682. The molecule has 0 unspecified atom stereocenters. The second-order valence-electron chi connectivity index (χ2n) is 9.14. The molecule has 2 heterocycles. The Morgan fingerprint density at radius 3 is 2.55 bits per heavy atom. The van der Waals surface area contributed by atoms with Gasteiger partial charge in [0.05, 0.1) is 5.69 Å². The fourth-order valence-corrected chi connectivity index (χ4v) is 3.75. The molecule has 0 saturated heterocycles. The smallest absolute Gasteiger partial charge is 0.272 e. The molecule has 1 aliphatic heterocycles. The SMILES string of the molecule is CCC/C(C)=C\c1nc(C(=O)N[C@H](C(=O)NC)C(C)(C)C)c2n1CCCN(C)C2. The first kappa shape index (κ1) is 23.1. The van der Waals surface area contributed by atoms with Gasteiger partial charge in [-0.2, -0.15) is 0 Å². The molecule has 7 nitrogen and oxygen atoms in total. The molecule has 1 aromatic rings. The van der Waals surface area contributed by atoms with Crippen molar-refractivity contribution in [3.63, 3.8) is 0 Å². The molecule has 0 fully saturated rings. The Bertz CT molecular complexity index is 773. The molecule has 2 rings (SSSR count). The molecule has 2 amide bonds. The maximum Gasteiger partial charge on any atom is 0.272 e. The van der Waals surface area contributed by atoms with Gasteiger partial charge in [0.1, 0.15) is 11.9 Å². The molecule has 1 aliphatic rings. The third-order valence-electron chi connectivity index (χ3n) is 5.33. The summed E-state index contributed by atoms with van der Waals surface area (Å²) >= 11 is 0. The van der Waals surface area contributed by atoms with Crippen LogP contribution in [-0.4, -0.2) is 52.9 Å². The number of fused-ring (bicyclic) bond motifs is 1. The molecule has 0 saturated carbocycles. The number of nitrogens with zero attached hydrogens (tertiary/aromatic N) is 3. The summed E-state index contributed by atoms with van der Waals surface area (Å²) in [5.74, 6) is 0.339. The maximum atomic E-state index is 13.2. The lowest BCUT2D eigenvalue weighted by molar-refractivity contribution is -0.124. The summed E-state index contributed by atoms with van der Waals surface area (Å²) in [5.41, 5.74) is 2.18. The lowest BCUT2D eigenvalue weighted by Crippen LogP contribution is -2.53. The van der Waals surface area contributed by atoms with Crippen LogP contribution >= 0.6 is 0 Å². The van der Waals surface area contributed by atoms with Gasteiger partial charge < -0.3 is 20.1 Å². The highest BCUT2D eigenvalue weighted by Gasteiger charge is 2.34. The van der Waals surface area contributed by atoms with Crippen LogP contribution in [0.5, 0.6) is 0 Å². The van der Waals surface area contributed by atoms with Crippen LogP contribution in [-0.2, 0) is 17.9 Å². The minimum absolute atomic E-state index is 0.202. The number of carbonyl (C=O) groups is 2. The molecule has 1 atom stereocenters. The van der Waals surface area contributed by atoms with E-state index in [1.807, 2.05) is 20.8 Å². The molecule has 0 radical (unpaired) electrons. The van der Waals surface area contributed by atoms with E-state index in [1.54, 1.807) is 7.05 Å². The topological polar surface area (TPSA) is 79.3 Å². The molecule has 0 aliphatic carbocycles. The normalized spacial score (nSPS) is 16.7. The van der Waals surface area contributed by atoms with Crippen molar-refractivity contribution in [2.75, 3.05) is 20.6 Å². The van der Waals surface area contributed by atoms with Crippen LogP contribution in [0.4, 0.5) is 0 Å². The Balaban J connectivity index is 2.45. The van der Waals surface area contributed by atoms with Gasteiger partial charge in [0.15, 0.2) is 5.69 Å².